The van der Waals surface area contributed by atoms with Gasteiger partial charge < -0.3 is 15.4 Å². The van der Waals surface area contributed by atoms with Crippen LogP contribution >= 0.6 is 22.6 Å². The van der Waals surface area contributed by atoms with Crippen LogP contribution in [0.2, 0.25) is 0 Å². The number of amides is 2. The Morgan fingerprint density at radius 2 is 1.45 bits per heavy atom. The number of nitrogens with one attached hydrogen (secondary N) is 2. The summed E-state index contributed by atoms with van der Waals surface area (Å²) in [5, 5.41) is 5.60. The Bertz CT molecular complexity index is 1080. The molecule has 0 aliphatic heterocycles. The number of halogens is 1. The third kappa shape index (κ3) is 5.64. The molecule has 0 bridgehead atoms. The predicted molar refractivity (Wildman–Crippen MR) is 119 cm³/mol. The third-order valence-electron chi connectivity index (χ3n) is 3.85. The van der Waals surface area contributed by atoms with E-state index in [2.05, 4.69) is 33.2 Å². The Hall–Kier alpha value is -3.20. The van der Waals surface area contributed by atoms with E-state index in [9.17, 15) is 14.4 Å². The van der Waals surface area contributed by atoms with Crippen molar-refractivity contribution in [2.45, 2.75) is 6.92 Å². The molecule has 2 amide bonds. The number of esters is 1. The quantitative estimate of drug-likeness (QED) is 0.302. The Morgan fingerprint density at radius 1 is 0.793 bits per heavy atom. The zero-order valence-corrected chi connectivity index (χ0v) is 17.6. The molecule has 0 heterocycles. The van der Waals surface area contributed by atoms with Crippen molar-refractivity contribution in [3.05, 3.63) is 87.5 Å². The Labute approximate surface area is 181 Å². The van der Waals surface area contributed by atoms with Gasteiger partial charge in [-0.25, -0.2) is 0 Å². The molecule has 0 aromatic heterocycles. The summed E-state index contributed by atoms with van der Waals surface area (Å²) in [6.07, 6.45) is 0. The summed E-state index contributed by atoms with van der Waals surface area (Å²) in [7, 11) is 0. The molecule has 0 saturated carbocycles. The SMILES string of the molecule is CC(=O)Oc1cccc(C(=O)Nc2cccc(NC(=O)c3ccccc3I)c2)c1. The lowest BCUT2D eigenvalue weighted by molar-refractivity contribution is -0.131. The maximum Gasteiger partial charge on any atom is 0.308 e. The number of carbonyl (C=O) groups excluding carboxylic acids is 3. The van der Waals surface area contributed by atoms with Gasteiger partial charge in [-0.05, 0) is 71.1 Å². The van der Waals surface area contributed by atoms with Crippen LogP contribution in [-0.4, -0.2) is 17.8 Å². The van der Waals surface area contributed by atoms with Crippen molar-refractivity contribution in [1.29, 1.82) is 0 Å². The van der Waals surface area contributed by atoms with Crippen molar-refractivity contribution >= 4 is 51.7 Å². The first-order valence-electron chi connectivity index (χ1n) is 8.68. The normalized spacial score (nSPS) is 10.1. The van der Waals surface area contributed by atoms with Crippen molar-refractivity contribution in [1.82, 2.24) is 0 Å². The molecule has 146 valence electrons. The van der Waals surface area contributed by atoms with Crippen LogP contribution in [0.4, 0.5) is 11.4 Å². The van der Waals surface area contributed by atoms with Crippen LogP contribution < -0.4 is 15.4 Å². The summed E-state index contributed by atoms with van der Waals surface area (Å²) in [6, 6.07) is 20.5. The van der Waals surface area contributed by atoms with Crippen LogP contribution in [0, 0.1) is 3.57 Å². The molecule has 7 heteroatoms. The number of ether oxygens (including phenoxy) is 1. The van der Waals surface area contributed by atoms with Gasteiger partial charge in [0.05, 0.1) is 5.56 Å². The summed E-state index contributed by atoms with van der Waals surface area (Å²) in [5.41, 5.74) is 2.00. The molecule has 3 aromatic carbocycles. The highest BCUT2D eigenvalue weighted by Crippen LogP contribution is 2.20. The predicted octanol–water partition coefficient (Wildman–Crippen LogP) is 4.72. The number of anilines is 2. The van der Waals surface area contributed by atoms with Gasteiger partial charge in [0.25, 0.3) is 11.8 Å². The highest BCUT2D eigenvalue weighted by atomic mass is 127. The summed E-state index contributed by atoms with van der Waals surface area (Å²) in [4.78, 5) is 36.1. The van der Waals surface area contributed by atoms with Gasteiger partial charge in [0.2, 0.25) is 0 Å². The van der Waals surface area contributed by atoms with Gasteiger partial charge in [-0.2, -0.15) is 0 Å². The van der Waals surface area contributed by atoms with Gasteiger partial charge in [-0.1, -0.05) is 24.3 Å². The van der Waals surface area contributed by atoms with E-state index in [1.54, 1.807) is 54.6 Å². The van der Waals surface area contributed by atoms with E-state index in [4.69, 9.17) is 4.74 Å². The maximum absolute atomic E-state index is 12.5. The number of carbonyl (C=O) groups is 3. The van der Waals surface area contributed by atoms with E-state index in [0.717, 1.165) is 3.57 Å². The molecule has 6 nitrogen and oxygen atoms in total. The van der Waals surface area contributed by atoms with Crippen molar-refractivity contribution in [2.24, 2.45) is 0 Å². The lowest BCUT2D eigenvalue weighted by Crippen LogP contribution is -2.15. The minimum absolute atomic E-state index is 0.229. The first-order valence-corrected chi connectivity index (χ1v) is 9.76. The van der Waals surface area contributed by atoms with Gasteiger partial charge in [0.15, 0.2) is 0 Å². The first-order chi connectivity index (χ1) is 13.9. The second kappa shape index (κ2) is 9.33. The van der Waals surface area contributed by atoms with Crippen molar-refractivity contribution < 1.29 is 19.1 Å². The zero-order chi connectivity index (χ0) is 20.8. The van der Waals surface area contributed by atoms with Crippen LogP contribution in [0.15, 0.2) is 72.8 Å². The van der Waals surface area contributed by atoms with E-state index >= 15 is 0 Å². The van der Waals surface area contributed by atoms with Crippen LogP contribution in [0.5, 0.6) is 5.75 Å². The minimum atomic E-state index is -0.459. The second-order valence-corrected chi connectivity index (χ2v) is 7.25. The topological polar surface area (TPSA) is 84.5 Å². The van der Waals surface area contributed by atoms with Gasteiger partial charge in [0.1, 0.15) is 5.75 Å². The molecule has 0 spiro atoms. The van der Waals surface area contributed by atoms with E-state index in [1.807, 2.05) is 12.1 Å². The largest absolute Gasteiger partial charge is 0.427 e. The summed E-state index contributed by atoms with van der Waals surface area (Å²) in [6.45, 7) is 1.29. The van der Waals surface area contributed by atoms with Gasteiger partial charge >= 0.3 is 5.97 Å². The standard InChI is InChI=1S/C22H17IN2O4/c1-14(26)29-18-9-4-6-15(12-18)21(27)24-16-7-5-8-17(13-16)25-22(28)19-10-2-3-11-20(19)23/h2-13H,1H3,(H,24,27)(H,25,28). The van der Waals surface area contributed by atoms with Crippen molar-refractivity contribution in [3.63, 3.8) is 0 Å². The molecule has 0 aliphatic rings. The molecule has 0 fully saturated rings. The molecule has 0 saturated heterocycles. The number of hydrogen-bond donors (Lipinski definition) is 2. The number of rotatable bonds is 5. The van der Waals surface area contributed by atoms with Crippen LogP contribution in [0.25, 0.3) is 0 Å². The fourth-order valence-corrected chi connectivity index (χ4v) is 3.22. The molecule has 0 aliphatic carbocycles. The molecule has 2 N–H and O–H groups in total. The lowest BCUT2D eigenvalue weighted by atomic mass is 10.2. The van der Waals surface area contributed by atoms with Gasteiger partial charge in [-0.3, -0.25) is 14.4 Å². The Kier molecular flexibility index (Phi) is 6.61. The van der Waals surface area contributed by atoms with Crippen LogP contribution in [0.1, 0.15) is 27.6 Å². The van der Waals surface area contributed by atoms with E-state index < -0.39 is 5.97 Å². The molecule has 0 atom stereocenters. The smallest absolute Gasteiger partial charge is 0.308 e. The van der Waals surface area contributed by atoms with Crippen LogP contribution in [-0.2, 0) is 4.79 Å². The highest BCUT2D eigenvalue weighted by Gasteiger charge is 2.11. The van der Waals surface area contributed by atoms with E-state index in [1.165, 1.54) is 13.0 Å². The van der Waals surface area contributed by atoms with Crippen LogP contribution in [0.3, 0.4) is 0 Å². The Morgan fingerprint density at radius 3 is 2.14 bits per heavy atom. The minimum Gasteiger partial charge on any atom is -0.427 e. The fraction of sp³-hybridized carbons (Fsp3) is 0.0455. The average molecular weight is 500 g/mol. The molecular weight excluding hydrogens is 483 g/mol. The molecule has 3 aromatic rings. The maximum atomic E-state index is 12.5. The summed E-state index contributed by atoms with van der Waals surface area (Å²) < 4.78 is 5.85. The number of hydrogen-bond acceptors (Lipinski definition) is 4. The Balaban J connectivity index is 1.71. The molecule has 29 heavy (non-hydrogen) atoms. The van der Waals surface area contributed by atoms with E-state index in [0.29, 0.717) is 28.3 Å². The van der Waals surface area contributed by atoms with Gasteiger partial charge in [0, 0.05) is 27.4 Å². The first kappa shape index (κ1) is 20.5. The summed E-state index contributed by atoms with van der Waals surface area (Å²) in [5.74, 6) is -0.754. The highest BCUT2D eigenvalue weighted by molar-refractivity contribution is 14.1. The monoisotopic (exact) mass is 500 g/mol. The van der Waals surface area contributed by atoms with E-state index in [-0.39, 0.29) is 11.8 Å². The third-order valence-corrected chi connectivity index (χ3v) is 4.80. The summed E-state index contributed by atoms with van der Waals surface area (Å²) >= 11 is 2.11. The fourth-order valence-electron chi connectivity index (χ4n) is 2.59. The molecule has 0 unspecified atom stereocenters. The zero-order valence-electron chi connectivity index (χ0n) is 15.4. The average Bonchev–Trinajstić information content (AvgIpc) is 2.68. The second-order valence-electron chi connectivity index (χ2n) is 6.09. The molecule has 0 radical (unpaired) electrons. The number of benzene rings is 3. The van der Waals surface area contributed by atoms with Crippen molar-refractivity contribution in [2.75, 3.05) is 10.6 Å². The molecule has 3 rings (SSSR count). The lowest BCUT2D eigenvalue weighted by Gasteiger charge is -2.10. The van der Waals surface area contributed by atoms with Crippen molar-refractivity contribution in [3.8, 4) is 5.75 Å². The molecular formula is C22H17IN2O4. The van der Waals surface area contributed by atoms with Gasteiger partial charge in [-0.15, -0.1) is 0 Å².